The third-order valence-corrected chi connectivity index (χ3v) is 0. The molecule has 3 nitrogen and oxygen atoms in total. The van der Waals surface area contributed by atoms with Crippen LogP contribution in [0.25, 0.3) is 0 Å². The molecule has 5 heteroatoms. The average molecular weight is 245 g/mol. The zero-order valence-electron chi connectivity index (χ0n) is 2.16. The molecule has 0 aliphatic rings. The quantitative estimate of drug-likeness (QED) is 0.608. The minimum Gasteiger partial charge on any atom is 0 e. The third-order valence-electron chi connectivity index (χ3n) is 0. The van der Waals surface area contributed by atoms with Crippen molar-refractivity contribution in [3.8, 4) is 0 Å². The van der Waals surface area contributed by atoms with Gasteiger partial charge in [0.15, 0.2) is 0 Å². The Hall–Kier alpha value is 1.48. The fourth-order valence-electron chi connectivity index (χ4n) is 0. The van der Waals surface area contributed by atoms with Crippen molar-refractivity contribution in [1.82, 2.24) is 0 Å². The summed E-state index contributed by atoms with van der Waals surface area (Å²) >= 11 is -3.69. The molecule has 0 bridgehead atoms. The van der Waals surface area contributed by atoms with Crippen molar-refractivity contribution in [1.29, 1.82) is 0 Å². The zero-order valence-corrected chi connectivity index (χ0v) is 6.42. The van der Waals surface area contributed by atoms with Crippen LogP contribution in [0, 0.1) is 40.4 Å². The van der Waals surface area contributed by atoms with Crippen molar-refractivity contribution in [2.24, 2.45) is 0 Å². The third kappa shape index (κ3) is 30.3. The first-order valence-electron chi connectivity index (χ1n) is 0.565. The summed E-state index contributed by atoms with van der Waals surface area (Å²) in [7, 11) is 0. The van der Waals surface area contributed by atoms with Crippen molar-refractivity contribution in [2.75, 3.05) is 0 Å². The second-order valence-electron chi connectivity index (χ2n) is 0.238. The molecular weight excluding hydrogens is 244 g/mol. The largest absolute Gasteiger partial charge is 0 e. The molecule has 0 atom stereocenters. The monoisotopic (exact) mass is 245 g/mol. The summed E-state index contributed by atoms with van der Waals surface area (Å²) in [4.78, 5) is 0. The van der Waals surface area contributed by atoms with E-state index in [0.29, 0.717) is 0 Å². The van der Waals surface area contributed by atoms with E-state index in [-0.39, 0.29) is 40.4 Å². The van der Waals surface area contributed by atoms with Gasteiger partial charge >= 0.3 is 26.8 Å². The van der Waals surface area contributed by atoms with Crippen LogP contribution in [0.4, 0.5) is 0 Å². The van der Waals surface area contributed by atoms with E-state index in [9.17, 15) is 0 Å². The van der Waals surface area contributed by atoms with Crippen LogP contribution in [-0.2, 0) is 22.7 Å². The van der Waals surface area contributed by atoms with Crippen molar-refractivity contribution >= 4 is 0 Å². The van der Waals surface area contributed by atoms with E-state index in [1.807, 2.05) is 0 Å². The van der Waals surface area contributed by atoms with E-state index >= 15 is 0 Å². The van der Waals surface area contributed by atoms with Crippen LogP contribution in [0.15, 0.2) is 0 Å². The molecule has 0 saturated carbocycles. The number of hydrogen-bond acceptors (Lipinski definition) is 2. The molecule has 5 heavy (non-hydrogen) atoms. The van der Waals surface area contributed by atoms with Gasteiger partial charge in [-0.25, -0.2) is 0 Å². The zero-order chi connectivity index (χ0) is 3.58. The van der Waals surface area contributed by atoms with Crippen LogP contribution in [0.2, 0.25) is 0 Å². The normalized spacial score (nSPS) is 5.00. The SMILES string of the molecule is [O]=[V](=[O])[OH].[Pm]. The van der Waals surface area contributed by atoms with Crippen molar-refractivity contribution in [3.63, 3.8) is 0 Å². The van der Waals surface area contributed by atoms with Crippen LogP contribution < -0.4 is 0 Å². The predicted molar refractivity (Wildman–Crippen MR) is 3.59 cm³/mol. The second-order valence-corrected chi connectivity index (χ2v) is 0.981. The summed E-state index contributed by atoms with van der Waals surface area (Å²) in [6.45, 7) is 0. The topological polar surface area (TPSA) is 54.4 Å². The number of rotatable bonds is 0. The Morgan fingerprint density at radius 3 is 1.40 bits per heavy atom. The van der Waals surface area contributed by atoms with Crippen molar-refractivity contribution in [2.45, 2.75) is 0 Å². The first kappa shape index (κ1) is 9.70. The molecule has 0 aliphatic heterocycles. The summed E-state index contributed by atoms with van der Waals surface area (Å²) in [6, 6.07) is 0. The van der Waals surface area contributed by atoms with Crippen LogP contribution in [0.5, 0.6) is 0 Å². The van der Waals surface area contributed by atoms with Gasteiger partial charge in [-0.2, -0.15) is 0 Å². The Labute approximate surface area is 66.2 Å². The van der Waals surface area contributed by atoms with Gasteiger partial charge in [0.25, 0.3) is 0 Å². The molecule has 0 fully saturated rings. The maximum absolute atomic E-state index is 8.67. The molecule has 0 aromatic heterocycles. The Balaban J connectivity index is 0. The van der Waals surface area contributed by atoms with Crippen molar-refractivity contribution < 1.29 is 67.2 Å². The molecular formula is HO3PmV. The molecule has 0 amide bonds. The maximum atomic E-state index is 8.67. The van der Waals surface area contributed by atoms with Gasteiger partial charge in [-0.1, -0.05) is 0 Å². The molecule has 0 aromatic rings. The maximum Gasteiger partial charge on any atom is 0 e. The molecule has 1 radical (unpaired) electrons. The molecule has 0 aromatic carbocycles. The molecule has 0 heterocycles. The second kappa shape index (κ2) is 5.48. The van der Waals surface area contributed by atoms with E-state index in [2.05, 4.69) is 0 Å². The molecule has 0 aliphatic carbocycles. The summed E-state index contributed by atoms with van der Waals surface area (Å²) < 4.78 is 24.4. The summed E-state index contributed by atoms with van der Waals surface area (Å²) in [5.74, 6) is 0. The Bertz CT molecular complexity index is 55.3. The van der Waals surface area contributed by atoms with Crippen LogP contribution in [0.1, 0.15) is 0 Å². The van der Waals surface area contributed by atoms with Crippen LogP contribution in [0.3, 0.4) is 0 Å². The van der Waals surface area contributed by atoms with Gasteiger partial charge in [0.1, 0.15) is 0 Å². The first-order valence-corrected chi connectivity index (χ1v) is 2.33. The van der Waals surface area contributed by atoms with Gasteiger partial charge in [0.05, 0.1) is 0 Å². The minimum atomic E-state index is -3.69. The van der Waals surface area contributed by atoms with Gasteiger partial charge < -0.3 is 0 Å². The summed E-state index contributed by atoms with van der Waals surface area (Å²) in [6.07, 6.45) is 0. The predicted octanol–water partition coefficient (Wildman–Crippen LogP) is -0.797. The van der Waals surface area contributed by atoms with E-state index in [1.54, 1.807) is 0 Å². The van der Waals surface area contributed by atoms with Gasteiger partial charge in [-0.15, -0.1) is 0 Å². The average Bonchev–Trinajstić information content (AvgIpc) is 0.811. The van der Waals surface area contributed by atoms with Gasteiger partial charge in [-0.05, 0) is 0 Å². The first-order chi connectivity index (χ1) is 1.73. The summed E-state index contributed by atoms with van der Waals surface area (Å²) in [5.41, 5.74) is 0. The van der Waals surface area contributed by atoms with E-state index in [1.165, 1.54) is 0 Å². The fourth-order valence-corrected chi connectivity index (χ4v) is 0. The Kier molecular flexibility index (Phi) is 10.6. The fraction of sp³-hybridized carbons (Fsp3) is 0. The molecule has 0 spiro atoms. The molecule has 0 saturated heterocycles. The van der Waals surface area contributed by atoms with E-state index < -0.39 is 15.4 Å². The van der Waals surface area contributed by atoms with Crippen LogP contribution in [-0.4, -0.2) is 4.03 Å². The van der Waals surface area contributed by atoms with Gasteiger partial charge in [0, 0.05) is 40.4 Å². The minimum absolute atomic E-state index is 0. The molecule has 1 N–H and O–H groups in total. The Morgan fingerprint density at radius 1 is 1.40 bits per heavy atom. The van der Waals surface area contributed by atoms with Gasteiger partial charge in [0.2, 0.25) is 0 Å². The van der Waals surface area contributed by atoms with Gasteiger partial charge in [-0.3, -0.25) is 0 Å². The molecule has 0 rings (SSSR count). The van der Waals surface area contributed by atoms with Crippen molar-refractivity contribution in [3.05, 3.63) is 0 Å². The van der Waals surface area contributed by atoms with E-state index in [0.717, 1.165) is 0 Å². The Morgan fingerprint density at radius 2 is 1.40 bits per heavy atom. The molecule has 0 unspecified atom stereocenters. The standard InChI is InChI=1S/H2O.2O.Pm.V/h1H2;;;;/q;;;;+1/p-1. The summed E-state index contributed by atoms with van der Waals surface area (Å²) in [5, 5.41) is 0. The smallest absolute Gasteiger partial charge is 0 e. The number of hydrogen-bond donors (Lipinski definition) is 1. The van der Waals surface area contributed by atoms with Crippen LogP contribution >= 0.6 is 0 Å². The molecule has 29 valence electrons. The van der Waals surface area contributed by atoms with E-state index in [4.69, 9.17) is 11.4 Å².